The number of fused-ring (bicyclic) bond motifs is 1. The van der Waals surface area contributed by atoms with E-state index in [-0.39, 0.29) is 39.4 Å². The molecular formula is C39H38F3N5O3. The van der Waals surface area contributed by atoms with E-state index < -0.39 is 52.8 Å². The van der Waals surface area contributed by atoms with Gasteiger partial charge in [0.1, 0.15) is 17.5 Å². The van der Waals surface area contributed by atoms with Gasteiger partial charge in [-0.25, -0.2) is 18.2 Å². The summed E-state index contributed by atoms with van der Waals surface area (Å²) in [6, 6.07) is 11.9. The van der Waals surface area contributed by atoms with Gasteiger partial charge in [-0.05, 0) is 92.3 Å². The molecule has 0 aliphatic heterocycles. The lowest BCUT2D eigenvalue weighted by atomic mass is 9.68. The van der Waals surface area contributed by atoms with Crippen LogP contribution in [0.5, 0.6) is 0 Å². The highest BCUT2D eigenvalue weighted by molar-refractivity contribution is 6.09. The monoisotopic (exact) mass is 681 g/mol. The van der Waals surface area contributed by atoms with E-state index in [1.165, 1.54) is 41.2 Å². The predicted octanol–water partition coefficient (Wildman–Crippen LogP) is 7.36. The lowest BCUT2D eigenvalue weighted by Crippen LogP contribution is -2.38. The molecule has 1 unspecified atom stereocenters. The van der Waals surface area contributed by atoms with Crippen molar-refractivity contribution in [2.24, 2.45) is 17.6 Å². The molecule has 3 atom stereocenters. The van der Waals surface area contributed by atoms with E-state index >= 15 is 8.78 Å². The van der Waals surface area contributed by atoms with Gasteiger partial charge in [0.25, 0.3) is 17.4 Å². The van der Waals surface area contributed by atoms with Gasteiger partial charge >= 0.3 is 0 Å². The van der Waals surface area contributed by atoms with Gasteiger partial charge in [-0.15, -0.1) is 0 Å². The van der Waals surface area contributed by atoms with Gasteiger partial charge in [-0.1, -0.05) is 43.2 Å². The number of pyridine rings is 1. The molecule has 50 heavy (non-hydrogen) atoms. The number of carbonyl (C=O) groups is 2. The predicted molar refractivity (Wildman–Crippen MR) is 183 cm³/mol. The summed E-state index contributed by atoms with van der Waals surface area (Å²) in [6.45, 7) is 3.39. The van der Waals surface area contributed by atoms with Crippen LogP contribution in [0.2, 0.25) is 0 Å². The van der Waals surface area contributed by atoms with Crippen molar-refractivity contribution in [2.75, 3.05) is 0 Å². The minimum Gasteiger partial charge on any atom is -0.365 e. The summed E-state index contributed by atoms with van der Waals surface area (Å²) in [7, 11) is 0. The highest BCUT2D eigenvalue weighted by Gasteiger charge is 2.38. The molecule has 2 amide bonds. The van der Waals surface area contributed by atoms with Crippen LogP contribution in [-0.4, -0.2) is 26.3 Å². The zero-order chi connectivity index (χ0) is 35.3. The molecule has 8 nitrogen and oxygen atoms in total. The maximum absolute atomic E-state index is 16.2. The molecule has 0 spiro atoms. The summed E-state index contributed by atoms with van der Waals surface area (Å²) in [5.41, 5.74) is 6.99. The SMILES string of the molecule is Cc1c(C(=O)N[C@H](c2cccc(F)c2)C2CCC2)c2c([C@@H](c3cccc(F)c3C(N)=O)C3CCC3)ccc(F)c2c(=O)n1C(C)c1c[nH]cn1. The van der Waals surface area contributed by atoms with E-state index in [0.29, 0.717) is 22.4 Å². The molecule has 0 saturated heterocycles. The molecule has 2 saturated carbocycles. The van der Waals surface area contributed by atoms with Gasteiger partial charge in [-0.3, -0.25) is 14.4 Å². The average Bonchev–Trinajstić information content (AvgIpc) is 3.57. The Hall–Kier alpha value is -5.19. The number of H-pyrrole nitrogens is 1. The van der Waals surface area contributed by atoms with Gasteiger partial charge in [0.15, 0.2) is 0 Å². The first-order valence-electron chi connectivity index (χ1n) is 17.1. The van der Waals surface area contributed by atoms with Gasteiger partial charge in [0.05, 0.1) is 40.6 Å². The fraction of sp³-hybridized carbons (Fsp3) is 0.333. The van der Waals surface area contributed by atoms with E-state index in [9.17, 15) is 18.8 Å². The molecule has 0 bridgehead atoms. The summed E-state index contributed by atoms with van der Waals surface area (Å²) in [5.74, 6) is -4.29. The third-order valence-corrected chi connectivity index (χ3v) is 10.9. The number of hydrogen-bond donors (Lipinski definition) is 3. The second kappa shape index (κ2) is 13.3. The van der Waals surface area contributed by atoms with Crippen LogP contribution in [0.15, 0.2) is 71.9 Å². The lowest BCUT2D eigenvalue weighted by Gasteiger charge is -2.37. The minimum absolute atomic E-state index is 0.0468. The number of aromatic amines is 1. The number of nitrogens with zero attached hydrogens (tertiary/aromatic N) is 2. The highest BCUT2D eigenvalue weighted by Crippen LogP contribution is 2.47. The van der Waals surface area contributed by atoms with Gasteiger partial charge in [0, 0.05) is 23.2 Å². The van der Waals surface area contributed by atoms with E-state index in [2.05, 4.69) is 15.3 Å². The first-order chi connectivity index (χ1) is 24.1. The van der Waals surface area contributed by atoms with Crippen LogP contribution in [0.3, 0.4) is 0 Å². The number of halogens is 3. The molecule has 2 fully saturated rings. The van der Waals surface area contributed by atoms with Crippen LogP contribution in [0.4, 0.5) is 13.2 Å². The topological polar surface area (TPSA) is 123 Å². The molecule has 2 aliphatic rings. The Balaban J connectivity index is 1.52. The second-order valence-electron chi connectivity index (χ2n) is 13.6. The fourth-order valence-electron chi connectivity index (χ4n) is 7.95. The Bertz CT molecular complexity index is 2170. The summed E-state index contributed by atoms with van der Waals surface area (Å²) >= 11 is 0. The number of nitrogens with one attached hydrogen (secondary N) is 2. The number of nitrogens with two attached hydrogens (primary N) is 1. The Labute approximate surface area is 286 Å². The van der Waals surface area contributed by atoms with Crippen molar-refractivity contribution < 1.29 is 22.8 Å². The highest BCUT2D eigenvalue weighted by atomic mass is 19.1. The molecule has 2 heterocycles. The normalized spacial score (nSPS) is 16.7. The Morgan fingerprint density at radius 2 is 1.64 bits per heavy atom. The number of imidazole rings is 1. The fourth-order valence-corrected chi connectivity index (χ4v) is 7.95. The van der Waals surface area contributed by atoms with Crippen molar-refractivity contribution in [1.82, 2.24) is 19.9 Å². The number of amides is 2. The van der Waals surface area contributed by atoms with Crippen LogP contribution >= 0.6 is 0 Å². The molecule has 2 aliphatic carbocycles. The lowest BCUT2D eigenvalue weighted by molar-refractivity contribution is 0.0899. The molecule has 258 valence electrons. The summed E-state index contributed by atoms with van der Waals surface area (Å²) in [6.07, 6.45) is 8.08. The molecule has 3 aromatic carbocycles. The molecular weight excluding hydrogens is 643 g/mol. The molecule has 11 heteroatoms. The molecule has 0 radical (unpaired) electrons. The molecule has 4 N–H and O–H groups in total. The smallest absolute Gasteiger partial charge is 0.262 e. The summed E-state index contributed by atoms with van der Waals surface area (Å²) < 4.78 is 47.4. The number of primary amides is 1. The van der Waals surface area contributed by atoms with Crippen molar-refractivity contribution in [3.63, 3.8) is 0 Å². The number of hydrogen-bond acceptors (Lipinski definition) is 4. The zero-order valence-electron chi connectivity index (χ0n) is 27.8. The third kappa shape index (κ3) is 5.68. The Kier molecular flexibility index (Phi) is 8.84. The van der Waals surface area contributed by atoms with Crippen molar-refractivity contribution in [3.8, 4) is 0 Å². The van der Waals surface area contributed by atoms with Crippen molar-refractivity contribution in [2.45, 2.75) is 70.4 Å². The first kappa shape index (κ1) is 33.3. The minimum atomic E-state index is -0.948. The van der Waals surface area contributed by atoms with E-state index in [1.54, 1.807) is 38.2 Å². The van der Waals surface area contributed by atoms with Crippen molar-refractivity contribution >= 4 is 22.6 Å². The van der Waals surface area contributed by atoms with Crippen LogP contribution < -0.4 is 16.6 Å². The van der Waals surface area contributed by atoms with Crippen LogP contribution in [0.25, 0.3) is 10.8 Å². The van der Waals surface area contributed by atoms with Crippen LogP contribution in [0, 0.1) is 36.2 Å². The largest absolute Gasteiger partial charge is 0.365 e. The van der Waals surface area contributed by atoms with Crippen LogP contribution in [-0.2, 0) is 0 Å². The maximum atomic E-state index is 16.2. The number of carbonyl (C=O) groups excluding carboxylic acids is 2. The standard InChI is InChI=1S/C39H38F3N5O3/c1-20(30-18-44-19-45-30)47-21(2)31(38(49)46-36(23-9-4-10-23)24-11-5-12-25(40)17-24)34-27(15-16-29(42)35(34)39(47)50)32(22-7-3-8-22)26-13-6-14-28(41)33(26)37(43)48/h5-6,11-20,22-23,32,36H,3-4,7-10H2,1-2H3,(H2,43,48)(H,44,45)(H,46,49)/t20?,32-,36+/m1/s1. The van der Waals surface area contributed by atoms with E-state index in [4.69, 9.17) is 5.73 Å². The molecule has 5 aromatic rings. The average molecular weight is 682 g/mol. The maximum Gasteiger partial charge on any atom is 0.262 e. The quantitative estimate of drug-likeness (QED) is 0.143. The van der Waals surface area contributed by atoms with Crippen molar-refractivity contribution in [3.05, 3.63) is 134 Å². The summed E-state index contributed by atoms with van der Waals surface area (Å²) in [5, 5.41) is 2.95. The third-order valence-electron chi connectivity index (χ3n) is 10.9. The van der Waals surface area contributed by atoms with E-state index in [0.717, 1.165) is 44.6 Å². The Morgan fingerprint density at radius 3 is 2.26 bits per heavy atom. The van der Waals surface area contributed by atoms with Crippen molar-refractivity contribution in [1.29, 1.82) is 0 Å². The molecule has 7 rings (SSSR count). The van der Waals surface area contributed by atoms with Gasteiger partial charge in [-0.2, -0.15) is 0 Å². The van der Waals surface area contributed by atoms with Gasteiger partial charge < -0.3 is 20.6 Å². The van der Waals surface area contributed by atoms with Crippen LogP contribution in [0.1, 0.15) is 112 Å². The van der Waals surface area contributed by atoms with Gasteiger partial charge in [0.2, 0.25) is 0 Å². The Morgan fingerprint density at radius 1 is 0.920 bits per heavy atom. The molecule has 2 aromatic heterocycles. The zero-order valence-corrected chi connectivity index (χ0v) is 27.8. The number of rotatable bonds is 10. The first-order valence-corrected chi connectivity index (χ1v) is 17.1. The number of aromatic nitrogens is 3. The summed E-state index contributed by atoms with van der Waals surface area (Å²) in [4.78, 5) is 49.3. The number of benzene rings is 3. The van der Waals surface area contributed by atoms with E-state index in [1.807, 2.05) is 0 Å². The second-order valence-corrected chi connectivity index (χ2v) is 13.6.